The monoisotopic (exact) mass is 449 g/mol. The van der Waals surface area contributed by atoms with E-state index in [-0.39, 0.29) is 10.6 Å². The molecule has 1 fully saturated rings. The van der Waals surface area contributed by atoms with Crippen LogP contribution in [0, 0.1) is 0 Å². The molecule has 5 atom stereocenters. The third kappa shape index (κ3) is 3.48. The van der Waals surface area contributed by atoms with Crippen molar-refractivity contribution in [1.29, 1.82) is 0 Å². The van der Waals surface area contributed by atoms with E-state index in [0.717, 1.165) is 0 Å². The lowest BCUT2D eigenvalue weighted by Crippen LogP contribution is -2.59. The first-order valence-electron chi connectivity index (χ1n) is 9.76. The molecule has 2 aliphatic rings. The van der Waals surface area contributed by atoms with Crippen LogP contribution in [-0.2, 0) is 4.79 Å². The Labute approximate surface area is 183 Å². The van der Waals surface area contributed by atoms with E-state index in [1.165, 1.54) is 11.0 Å². The SMILES string of the molecule is O=C(O)[C@@H]1c2ccccc2C(=O)N([C@H]2[C@H](O)CCC[C@@H]2O)[C@H]1c1ccc(Cl)cc1Cl. The van der Waals surface area contributed by atoms with Gasteiger partial charge in [-0.15, -0.1) is 0 Å². The van der Waals surface area contributed by atoms with E-state index < -0.39 is 42.1 Å². The number of aliphatic hydroxyl groups excluding tert-OH is 2. The molecule has 2 aromatic rings. The number of rotatable bonds is 3. The van der Waals surface area contributed by atoms with Crippen molar-refractivity contribution in [2.45, 2.75) is 49.5 Å². The number of fused-ring (bicyclic) bond motifs is 1. The molecule has 6 nitrogen and oxygen atoms in total. The van der Waals surface area contributed by atoms with E-state index in [0.29, 0.717) is 35.4 Å². The normalized spacial score (nSPS) is 28.9. The number of carboxylic acids is 1. The van der Waals surface area contributed by atoms with Crippen LogP contribution in [-0.4, -0.2) is 50.3 Å². The summed E-state index contributed by atoms with van der Waals surface area (Å²) < 4.78 is 0. The first-order chi connectivity index (χ1) is 14.3. The number of amides is 1. The number of benzene rings is 2. The van der Waals surface area contributed by atoms with E-state index >= 15 is 0 Å². The van der Waals surface area contributed by atoms with Crippen LogP contribution in [0.15, 0.2) is 42.5 Å². The summed E-state index contributed by atoms with van der Waals surface area (Å²) in [5.74, 6) is -2.70. The molecule has 1 aliphatic carbocycles. The maximum absolute atomic E-state index is 13.6. The van der Waals surface area contributed by atoms with E-state index in [1.807, 2.05) is 0 Å². The molecular formula is C22H21Cl2NO5. The number of carbonyl (C=O) groups is 2. The van der Waals surface area contributed by atoms with Gasteiger partial charge in [-0.3, -0.25) is 9.59 Å². The van der Waals surface area contributed by atoms with E-state index in [9.17, 15) is 24.9 Å². The molecular weight excluding hydrogens is 429 g/mol. The van der Waals surface area contributed by atoms with Crippen LogP contribution in [0.1, 0.15) is 52.7 Å². The summed E-state index contributed by atoms with van der Waals surface area (Å²) in [7, 11) is 0. The van der Waals surface area contributed by atoms with E-state index in [1.54, 1.807) is 36.4 Å². The summed E-state index contributed by atoms with van der Waals surface area (Å²) in [6.45, 7) is 0. The first-order valence-corrected chi connectivity index (χ1v) is 10.5. The highest BCUT2D eigenvalue weighted by atomic mass is 35.5. The number of hydrogen-bond donors (Lipinski definition) is 3. The van der Waals surface area contributed by atoms with Crippen molar-refractivity contribution >= 4 is 35.1 Å². The van der Waals surface area contributed by atoms with Crippen LogP contribution in [0.5, 0.6) is 0 Å². The Morgan fingerprint density at radius 3 is 2.30 bits per heavy atom. The lowest BCUT2D eigenvalue weighted by atomic mass is 9.76. The minimum absolute atomic E-state index is 0.218. The molecule has 0 bridgehead atoms. The van der Waals surface area contributed by atoms with Crippen molar-refractivity contribution < 1.29 is 24.9 Å². The second kappa shape index (κ2) is 8.19. The van der Waals surface area contributed by atoms with Crippen molar-refractivity contribution in [3.8, 4) is 0 Å². The quantitative estimate of drug-likeness (QED) is 0.664. The molecule has 0 saturated heterocycles. The molecule has 0 unspecified atom stereocenters. The largest absolute Gasteiger partial charge is 0.481 e. The average Bonchev–Trinajstić information content (AvgIpc) is 2.69. The number of halogens is 2. The lowest BCUT2D eigenvalue weighted by Gasteiger charge is -2.49. The number of aliphatic hydroxyl groups is 2. The average molecular weight is 450 g/mol. The fourth-order valence-corrected chi connectivity index (χ4v) is 5.24. The van der Waals surface area contributed by atoms with Crippen molar-refractivity contribution in [3.05, 3.63) is 69.2 Å². The smallest absolute Gasteiger partial charge is 0.313 e. The molecule has 8 heteroatoms. The zero-order valence-corrected chi connectivity index (χ0v) is 17.4. The summed E-state index contributed by atoms with van der Waals surface area (Å²) >= 11 is 12.5. The minimum atomic E-state index is -1.13. The highest BCUT2D eigenvalue weighted by molar-refractivity contribution is 6.35. The fourth-order valence-electron chi connectivity index (χ4n) is 4.72. The molecule has 0 radical (unpaired) electrons. The van der Waals surface area contributed by atoms with Crippen molar-refractivity contribution in [2.24, 2.45) is 0 Å². The topological polar surface area (TPSA) is 98.1 Å². The summed E-state index contributed by atoms with van der Waals surface area (Å²) in [5.41, 5.74) is 1.03. The van der Waals surface area contributed by atoms with Gasteiger partial charge in [0, 0.05) is 15.6 Å². The Morgan fingerprint density at radius 1 is 1.00 bits per heavy atom. The molecule has 1 aliphatic heterocycles. The van der Waals surface area contributed by atoms with Crippen LogP contribution in [0.4, 0.5) is 0 Å². The lowest BCUT2D eigenvalue weighted by molar-refractivity contribution is -0.142. The summed E-state index contributed by atoms with van der Waals surface area (Å²) in [6.07, 6.45) is -0.527. The number of carboxylic acid groups (broad SMARTS) is 1. The van der Waals surface area contributed by atoms with Gasteiger partial charge >= 0.3 is 5.97 Å². The Hall–Kier alpha value is -2.12. The molecule has 1 amide bonds. The van der Waals surface area contributed by atoms with Gasteiger partial charge in [0.1, 0.15) is 5.92 Å². The Bertz CT molecular complexity index is 987. The highest BCUT2D eigenvalue weighted by Crippen LogP contribution is 2.47. The second-order valence-electron chi connectivity index (χ2n) is 7.78. The van der Waals surface area contributed by atoms with Gasteiger partial charge in [0.05, 0.1) is 24.3 Å². The van der Waals surface area contributed by atoms with Crippen molar-refractivity contribution in [2.75, 3.05) is 0 Å². The van der Waals surface area contributed by atoms with Gasteiger partial charge in [-0.2, -0.15) is 0 Å². The summed E-state index contributed by atoms with van der Waals surface area (Å²) in [5, 5.41) is 32.2. The van der Waals surface area contributed by atoms with Gasteiger partial charge in [-0.25, -0.2) is 0 Å². The van der Waals surface area contributed by atoms with Gasteiger partial charge in [0.2, 0.25) is 0 Å². The van der Waals surface area contributed by atoms with Gasteiger partial charge in [0.25, 0.3) is 5.91 Å². The third-order valence-corrected chi connectivity index (χ3v) is 6.60. The number of hydrogen-bond acceptors (Lipinski definition) is 4. The number of aliphatic carboxylic acids is 1. The Kier molecular flexibility index (Phi) is 5.77. The summed E-state index contributed by atoms with van der Waals surface area (Å²) in [6, 6.07) is 9.25. The second-order valence-corrected chi connectivity index (χ2v) is 8.63. The van der Waals surface area contributed by atoms with Gasteiger partial charge in [-0.1, -0.05) is 47.5 Å². The number of nitrogens with zero attached hydrogens (tertiary/aromatic N) is 1. The van der Waals surface area contributed by atoms with Gasteiger partial charge in [0.15, 0.2) is 0 Å². The predicted molar refractivity (Wildman–Crippen MR) is 112 cm³/mol. The molecule has 3 N–H and O–H groups in total. The van der Waals surface area contributed by atoms with E-state index in [2.05, 4.69) is 0 Å². The van der Waals surface area contributed by atoms with Crippen LogP contribution < -0.4 is 0 Å². The molecule has 0 spiro atoms. The molecule has 4 rings (SSSR count). The van der Waals surface area contributed by atoms with Crippen molar-refractivity contribution in [1.82, 2.24) is 4.90 Å². The molecule has 158 valence electrons. The predicted octanol–water partition coefficient (Wildman–Crippen LogP) is 3.63. The van der Waals surface area contributed by atoms with Crippen LogP contribution in [0.3, 0.4) is 0 Å². The van der Waals surface area contributed by atoms with Gasteiger partial charge < -0.3 is 20.2 Å². The van der Waals surface area contributed by atoms with E-state index in [4.69, 9.17) is 23.2 Å². The maximum atomic E-state index is 13.6. The van der Waals surface area contributed by atoms with Crippen LogP contribution in [0.25, 0.3) is 0 Å². The molecule has 30 heavy (non-hydrogen) atoms. The molecule has 2 aromatic carbocycles. The fraction of sp³-hybridized carbons (Fsp3) is 0.364. The zero-order chi connectivity index (χ0) is 21.6. The van der Waals surface area contributed by atoms with Crippen LogP contribution in [0.2, 0.25) is 10.0 Å². The van der Waals surface area contributed by atoms with Crippen LogP contribution >= 0.6 is 23.2 Å². The number of carbonyl (C=O) groups excluding carboxylic acids is 1. The van der Waals surface area contributed by atoms with Gasteiger partial charge in [-0.05, 0) is 48.6 Å². The summed E-state index contributed by atoms with van der Waals surface area (Å²) in [4.78, 5) is 27.3. The third-order valence-electron chi connectivity index (χ3n) is 6.03. The van der Waals surface area contributed by atoms with Crippen molar-refractivity contribution in [3.63, 3.8) is 0 Å². The molecule has 1 saturated carbocycles. The standard InChI is InChI=1S/C22H21Cl2NO5/c23-11-8-9-14(15(24)10-11)19-18(22(29)30)12-4-1-2-5-13(12)21(28)25(19)20-16(26)6-3-7-17(20)27/h1-2,4-5,8-10,16-20,26-27H,3,6-7H2,(H,29,30)/t16-,17+,18-,19+,20+/m1/s1. The molecule has 0 aromatic heterocycles. The molecule has 1 heterocycles. The highest BCUT2D eigenvalue weighted by Gasteiger charge is 2.50. The Balaban J connectivity index is 1.97. The minimum Gasteiger partial charge on any atom is -0.481 e. The Morgan fingerprint density at radius 2 is 1.67 bits per heavy atom. The zero-order valence-electron chi connectivity index (χ0n) is 15.9. The maximum Gasteiger partial charge on any atom is 0.313 e. The first kappa shape index (κ1) is 21.1.